The molecule has 0 rings (SSSR count). The second-order valence-corrected chi connectivity index (χ2v) is 2.55. The van der Waals surface area contributed by atoms with Crippen molar-refractivity contribution in [2.45, 2.75) is 41.5 Å². The van der Waals surface area contributed by atoms with Gasteiger partial charge < -0.3 is 12.8 Å². The van der Waals surface area contributed by atoms with E-state index in [1.165, 1.54) is 0 Å². The van der Waals surface area contributed by atoms with Gasteiger partial charge >= 0.3 is 0 Å². The van der Waals surface area contributed by atoms with Crippen LogP contribution in [0.4, 0.5) is 0 Å². The largest absolute Gasteiger partial charge is 0.335 e. The van der Waals surface area contributed by atoms with Gasteiger partial charge in [-0.25, -0.2) is 0 Å². The molecule has 67 valence electrons. The van der Waals surface area contributed by atoms with Crippen molar-refractivity contribution in [3.05, 3.63) is 19.8 Å². The Morgan fingerprint density at radius 1 is 0.909 bits per heavy atom. The van der Waals surface area contributed by atoms with Gasteiger partial charge in [0, 0.05) is 32.7 Å². The van der Waals surface area contributed by atoms with E-state index < -0.39 is 0 Å². The Balaban J connectivity index is -0.0000000325. The fraction of sp³-hybridized carbons (Fsp3) is 0.700. The molecule has 1 radical (unpaired) electrons. The zero-order valence-corrected chi connectivity index (χ0v) is 11.9. The van der Waals surface area contributed by atoms with E-state index in [1.54, 1.807) is 0 Å². The Morgan fingerprint density at radius 3 is 0.909 bits per heavy atom. The van der Waals surface area contributed by atoms with Crippen LogP contribution in [0, 0.1) is 25.7 Å². The second kappa shape index (κ2) is 30.6. The number of hydrogen-bond acceptors (Lipinski definition) is 0. The average molecular weight is 232 g/mol. The minimum atomic E-state index is 0. The Hall–Kier alpha value is 0.974. The molecule has 0 nitrogen and oxygen atoms in total. The van der Waals surface area contributed by atoms with Crippen LogP contribution in [0.15, 0.2) is 0 Å². The molecule has 0 aliphatic heterocycles. The van der Waals surface area contributed by atoms with Crippen molar-refractivity contribution in [3.63, 3.8) is 0 Å². The minimum Gasteiger partial charge on any atom is -0.335 e. The molecule has 0 N–H and O–H groups in total. The van der Waals surface area contributed by atoms with E-state index in [2.05, 4.69) is 20.8 Å². The summed E-state index contributed by atoms with van der Waals surface area (Å²) in [7, 11) is 0. The third-order valence-corrected chi connectivity index (χ3v) is 0. The fourth-order valence-corrected chi connectivity index (χ4v) is 0. The summed E-state index contributed by atoms with van der Waals surface area (Å²) in [5.74, 6) is 0.583. The van der Waals surface area contributed by atoms with Gasteiger partial charge in [0.25, 0.3) is 0 Å². The summed E-state index contributed by atoms with van der Waals surface area (Å²) < 4.78 is 0. The Kier molecular flexibility index (Phi) is 63.1. The molecular formula is C10H23Y-. The van der Waals surface area contributed by atoms with Crippen molar-refractivity contribution in [1.82, 2.24) is 0 Å². The predicted octanol–water partition coefficient (Wildman–Crippen LogP) is 3.93. The normalized spacial score (nSPS) is 6.45. The molecule has 0 spiro atoms. The summed E-state index contributed by atoms with van der Waals surface area (Å²) in [6, 6.07) is 0. The summed E-state index contributed by atoms with van der Waals surface area (Å²) in [5.41, 5.74) is 0. The molecule has 0 heterocycles. The molecule has 1 heteroatoms. The van der Waals surface area contributed by atoms with E-state index in [0.29, 0.717) is 5.92 Å². The maximum absolute atomic E-state index is 3.64. The summed E-state index contributed by atoms with van der Waals surface area (Å²) >= 11 is 0. The monoisotopic (exact) mass is 232 g/mol. The van der Waals surface area contributed by atoms with Crippen LogP contribution < -0.4 is 0 Å². The van der Waals surface area contributed by atoms with E-state index in [-0.39, 0.29) is 32.7 Å². The number of hydrogen-bond donors (Lipinski definition) is 0. The van der Waals surface area contributed by atoms with Crippen LogP contribution in [0.1, 0.15) is 41.5 Å². The van der Waals surface area contributed by atoms with Crippen molar-refractivity contribution < 1.29 is 32.7 Å². The smallest absolute Gasteiger partial charge is 0.0897 e. The van der Waals surface area contributed by atoms with Gasteiger partial charge in [0.2, 0.25) is 0 Å². The molecule has 0 aliphatic carbocycles. The molecule has 0 aliphatic rings. The molecule has 0 fully saturated rings. The van der Waals surface area contributed by atoms with Crippen molar-refractivity contribution in [3.8, 4) is 0 Å². The van der Waals surface area contributed by atoms with Gasteiger partial charge in [-0.2, -0.15) is 27.7 Å². The topological polar surface area (TPSA) is 0 Å². The predicted molar refractivity (Wildman–Crippen MR) is 51.5 cm³/mol. The Labute approximate surface area is 99.4 Å². The van der Waals surface area contributed by atoms with Gasteiger partial charge in [-0.3, -0.25) is 0 Å². The average Bonchev–Trinajstić information content (AvgIpc) is 1.65. The van der Waals surface area contributed by atoms with Crippen molar-refractivity contribution >= 4 is 0 Å². The zero-order valence-electron chi connectivity index (χ0n) is 9.02. The van der Waals surface area contributed by atoms with Crippen LogP contribution in [0.2, 0.25) is 0 Å². The maximum atomic E-state index is 3.64. The first-order valence-electron chi connectivity index (χ1n) is 3.87. The summed E-state index contributed by atoms with van der Waals surface area (Å²) in [6.07, 6.45) is 4.00. The van der Waals surface area contributed by atoms with Crippen LogP contribution >= 0.6 is 0 Å². The molecule has 0 unspecified atom stereocenters. The molecule has 0 aromatic carbocycles. The summed E-state index contributed by atoms with van der Waals surface area (Å²) in [6.45, 7) is 15.8. The molecular weight excluding hydrogens is 209 g/mol. The standard InChI is InChI=1S/C4H9.2C3H7.Y/c1-4(2)3;2*1-3-2;/h4H,1H2,2-3H3;2*3H,1-2H3;/q+1;2*-1;. The summed E-state index contributed by atoms with van der Waals surface area (Å²) in [5, 5.41) is 0. The van der Waals surface area contributed by atoms with E-state index in [1.807, 2.05) is 40.5 Å². The van der Waals surface area contributed by atoms with E-state index in [4.69, 9.17) is 0 Å². The van der Waals surface area contributed by atoms with Crippen LogP contribution in [0.3, 0.4) is 0 Å². The van der Waals surface area contributed by atoms with Crippen molar-refractivity contribution in [2.24, 2.45) is 5.92 Å². The van der Waals surface area contributed by atoms with Gasteiger partial charge in [-0.05, 0) is 13.8 Å². The van der Waals surface area contributed by atoms with Gasteiger partial charge in [0.05, 0.1) is 12.8 Å². The van der Waals surface area contributed by atoms with E-state index in [9.17, 15) is 0 Å². The first-order valence-corrected chi connectivity index (χ1v) is 3.87. The molecule has 0 bridgehead atoms. The zero-order chi connectivity index (χ0) is 8.99. The maximum Gasteiger partial charge on any atom is 0.0897 e. The van der Waals surface area contributed by atoms with Gasteiger partial charge in [-0.1, -0.05) is 0 Å². The van der Waals surface area contributed by atoms with Crippen LogP contribution in [0.5, 0.6) is 0 Å². The Morgan fingerprint density at radius 2 is 0.909 bits per heavy atom. The molecule has 0 saturated carbocycles. The van der Waals surface area contributed by atoms with E-state index >= 15 is 0 Å². The van der Waals surface area contributed by atoms with E-state index in [0.717, 1.165) is 0 Å². The van der Waals surface area contributed by atoms with Gasteiger partial charge in [0.1, 0.15) is 0 Å². The quantitative estimate of drug-likeness (QED) is 0.555. The van der Waals surface area contributed by atoms with Crippen molar-refractivity contribution in [1.29, 1.82) is 0 Å². The first kappa shape index (κ1) is 22.7. The SMILES string of the molecule is C[CH-]C.C[CH-]C.[CH2+]C(C)C.[Y]. The minimum absolute atomic E-state index is 0. The number of rotatable bonds is 0. The van der Waals surface area contributed by atoms with Crippen LogP contribution in [0.25, 0.3) is 0 Å². The molecule has 0 saturated heterocycles. The second-order valence-electron chi connectivity index (χ2n) is 2.55. The third kappa shape index (κ3) is 932. The molecule has 11 heavy (non-hydrogen) atoms. The first-order chi connectivity index (χ1) is 4.56. The summed E-state index contributed by atoms with van der Waals surface area (Å²) in [4.78, 5) is 0. The molecule has 0 aromatic heterocycles. The third-order valence-electron chi connectivity index (χ3n) is 0. The van der Waals surface area contributed by atoms with Crippen molar-refractivity contribution in [2.75, 3.05) is 0 Å². The molecule has 0 amide bonds. The van der Waals surface area contributed by atoms with Crippen LogP contribution in [-0.2, 0) is 32.7 Å². The van der Waals surface area contributed by atoms with Gasteiger partial charge in [0.15, 0.2) is 0 Å². The molecule has 0 atom stereocenters. The van der Waals surface area contributed by atoms with Crippen LogP contribution in [-0.4, -0.2) is 0 Å². The Bertz CT molecular complexity index is 21.3. The molecule has 0 aromatic rings. The van der Waals surface area contributed by atoms with Gasteiger partial charge in [-0.15, -0.1) is 0 Å². The fourth-order valence-electron chi connectivity index (χ4n) is 0.